The molecule has 0 spiro atoms. The summed E-state index contributed by atoms with van der Waals surface area (Å²) in [6.45, 7) is 5.13. The molecule has 0 bridgehead atoms. The van der Waals surface area contributed by atoms with E-state index in [0.717, 1.165) is 11.0 Å². The van der Waals surface area contributed by atoms with Gasteiger partial charge < -0.3 is 20.1 Å². The predicted molar refractivity (Wildman–Crippen MR) is 80.6 cm³/mol. The molecule has 1 heterocycles. The highest BCUT2D eigenvalue weighted by Crippen LogP contribution is 2.12. The van der Waals surface area contributed by atoms with Crippen LogP contribution in [0.1, 0.15) is 26.6 Å². The van der Waals surface area contributed by atoms with E-state index in [9.17, 15) is 14.7 Å². The first-order chi connectivity index (χ1) is 10.2. The van der Waals surface area contributed by atoms with Crippen molar-refractivity contribution < 1.29 is 19.4 Å². The van der Waals surface area contributed by atoms with Crippen LogP contribution in [0.2, 0.25) is 0 Å². The quantitative estimate of drug-likeness (QED) is 0.802. The summed E-state index contributed by atoms with van der Waals surface area (Å²) >= 11 is 0. The second kappa shape index (κ2) is 6.05. The minimum atomic E-state index is -1.15. The number of aromatic amines is 1. The van der Waals surface area contributed by atoms with Gasteiger partial charge in [0.05, 0.1) is 11.0 Å². The van der Waals surface area contributed by atoms with Gasteiger partial charge in [-0.1, -0.05) is 12.1 Å². The summed E-state index contributed by atoms with van der Waals surface area (Å²) in [5, 5.41) is 11.6. The van der Waals surface area contributed by atoms with E-state index < -0.39 is 23.7 Å². The molecule has 0 aliphatic heterocycles. The highest BCUT2D eigenvalue weighted by Gasteiger charge is 2.25. The van der Waals surface area contributed by atoms with Gasteiger partial charge in [0.1, 0.15) is 17.5 Å². The Bertz CT molecular complexity index is 654. The van der Waals surface area contributed by atoms with Gasteiger partial charge in [-0.3, -0.25) is 0 Å². The molecule has 7 nitrogen and oxygen atoms in total. The number of amides is 1. The van der Waals surface area contributed by atoms with Crippen LogP contribution >= 0.6 is 0 Å². The number of carbonyl (C=O) groups excluding carboxylic acids is 1. The Balaban J connectivity index is 2.08. The monoisotopic (exact) mass is 305 g/mol. The van der Waals surface area contributed by atoms with E-state index in [1.807, 2.05) is 24.3 Å². The van der Waals surface area contributed by atoms with Crippen LogP contribution in [0.3, 0.4) is 0 Å². The van der Waals surface area contributed by atoms with E-state index >= 15 is 0 Å². The number of ether oxygens (including phenoxy) is 1. The normalized spacial score (nSPS) is 12.9. The maximum atomic E-state index is 11.7. The molecule has 1 aromatic carbocycles. The van der Waals surface area contributed by atoms with Gasteiger partial charge in [-0.25, -0.2) is 14.6 Å². The van der Waals surface area contributed by atoms with E-state index in [-0.39, 0.29) is 6.42 Å². The molecule has 118 valence electrons. The molecular formula is C15H19N3O4. The fourth-order valence-corrected chi connectivity index (χ4v) is 1.95. The maximum Gasteiger partial charge on any atom is 0.408 e. The topological polar surface area (TPSA) is 104 Å². The van der Waals surface area contributed by atoms with Gasteiger partial charge in [0, 0.05) is 6.42 Å². The summed E-state index contributed by atoms with van der Waals surface area (Å²) < 4.78 is 5.07. The van der Waals surface area contributed by atoms with Crippen molar-refractivity contribution in [2.75, 3.05) is 0 Å². The van der Waals surface area contributed by atoms with Crippen molar-refractivity contribution in [3.05, 3.63) is 30.1 Å². The molecule has 1 unspecified atom stereocenters. The first kappa shape index (κ1) is 15.8. The van der Waals surface area contributed by atoms with Gasteiger partial charge >= 0.3 is 12.1 Å². The Morgan fingerprint density at radius 3 is 2.64 bits per heavy atom. The maximum absolute atomic E-state index is 11.7. The molecule has 0 radical (unpaired) electrons. The standard InChI is InChI=1S/C15H19N3O4/c1-15(2,3)22-14(21)18-11(13(19)20)8-12-16-9-6-4-5-7-10(9)17-12/h4-7,11H,8H2,1-3H3,(H,16,17)(H,18,21)(H,19,20). The number of carboxylic acid groups (broad SMARTS) is 1. The Morgan fingerprint density at radius 2 is 2.05 bits per heavy atom. The van der Waals surface area contributed by atoms with Crippen molar-refractivity contribution in [3.63, 3.8) is 0 Å². The van der Waals surface area contributed by atoms with Crippen LogP contribution in [0, 0.1) is 0 Å². The average Bonchev–Trinajstić information content (AvgIpc) is 2.77. The molecule has 2 aromatic rings. The second-order valence-electron chi connectivity index (χ2n) is 5.94. The third-order valence-corrected chi connectivity index (χ3v) is 2.82. The number of aliphatic carboxylic acids is 1. The molecule has 1 atom stereocenters. The van der Waals surface area contributed by atoms with Gasteiger partial charge in [-0.15, -0.1) is 0 Å². The van der Waals surface area contributed by atoms with Crippen molar-refractivity contribution in [1.29, 1.82) is 0 Å². The summed E-state index contributed by atoms with van der Waals surface area (Å²) in [5.74, 6) is -0.657. The Labute approximate surface area is 127 Å². The van der Waals surface area contributed by atoms with Crippen molar-refractivity contribution in [1.82, 2.24) is 15.3 Å². The van der Waals surface area contributed by atoms with Crippen molar-refractivity contribution in [3.8, 4) is 0 Å². The van der Waals surface area contributed by atoms with E-state index in [1.165, 1.54) is 0 Å². The second-order valence-corrected chi connectivity index (χ2v) is 5.94. The number of nitrogens with one attached hydrogen (secondary N) is 2. The molecular weight excluding hydrogens is 286 g/mol. The number of nitrogens with zero attached hydrogens (tertiary/aromatic N) is 1. The molecule has 2 rings (SSSR count). The lowest BCUT2D eigenvalue weighted by molar-refractivity contribution is -0.139. The fraction of sp³-hybridized carbons (Fsp3) is 0.400. The van der Waals surface area contributed by atoms with Crippen molar-refractivity contribution >= 4 is 23.1 Å². The highest BCUT2D eigenvalue weighted by molar-refractivity contribution is 5.80. The number of hydrogen-bond donors (Lipinski definition) is 3. The molecule has 7 heteroatoms. The first-order valence-corrected chi connectivity index (χ1v) is 6.90. The number of para-hydroxylation sites is 2. The van der Waals surface area contributed by atoms with Crippen LogP contribution in [-0.4, -0.2) is 38.8 Å². The van der Waals surface area contributed by atoms with Gasteiger partial charge in [0.25, 0.3) is 0 Å². The number of rotatable bonds is 4. The van der Waals surface area contributed by atoms with Crippen molar-refractivity contribution in [2.24, 2.45) is 0 Å². The van der Waals surface area contributed by atoms with Crippen LogP contribution in [0.25, 0.3) is 11.0 Å². The smallest absolute Gasteiger partial charge is 0.408 e. The lowest BCUT2D eigenvalue weighted by Gasteiger charge is -2.21. The minimum absolute atomic E-state index is 0.0449. The third kappa shape index (κ3) is 4.21. The SMILES string of the molecule is CC(C)(C)OC(=O)NC(Cc1nc2ccccc2[nH]1)C(=O)O. The fourth-order valence-electron chi connectivity index (χ4n) is 1.95. The third-order valence-electron chi connectivity index (χ3n) is 2.82. The Hall–Kier alpha value is -2.57. The number of H-pyrrole nitrogens is 1. The summed E-state index contributed by atoms with van der Waals surface area (Å²) in [7, 11) is 0. The summed E-state index contributed by atoms with van der Waals surface area (Å²) in [6.07, 6.45) is -0.723. The van der Waals surface area contributed by atoms with E-state index in [2.05, 4.69) is 15.3 Å². The van der Waals surface area contributed by atoms with Crippen LogP contribution in [0.15, 0.2) is 24.3 Å². The lowest BCUT2D eigenvalue weighted by atomic mass is 10.2. The van der Waals surface area contributed by atoms with Gasteiger partial charge in [0.2, 0.25) is 0 Å². The van der Waals surface area contributed by atoms with Crippen LogP contribution in [0.4, 0.5) is 4.79 Å². The highest BCUT2D eigenvalue weighted by atomic mass is 16.6. The first-order valence-electron chi connectivity index (χ1n) is 6.90. The Morgan fingerprint density at radius 1 is 1.36 bits per heavy atom. The molecule has 0 fully saturated rings. The van der Waals surface area contributed by atoms with E-state index in [4.69, 9.17) is 4.74 Å². The molecule has 1 aromatic heterocycles. The largest absolute Gasteiger partial charge is 0.480 e. The number of fused-ring (bicyclic) bond motifs is 1. The summed E-state index contributed by atoms with van der Waals surface area (Å²) in [4.78, 5) is 30.4. The minimum Gasteiger partial charge on any atom is -0.480 e. The lowest BCUT2D eigenvalue weighted by Crippen LogP contribution is -2.44. The van der Waals surface area contributed by atoms with Crippen LogP contribution in [-0.2, 0) is 16.0 Å². The molecule has 0 aliphatic rings. The zero-order valence-electron chi connectivity index (χ0n) is 12.7. The number of carboxylic acids is 1. The molecule has 0 aliphatic carbocycles. The van der Waals surface area contributed by atoms with Gasteiger partial charge in [0.15, 0.2) is 0 Å². The molecule has 0 saturated carbocycles. The average molecular weight is 305 g/mol. The number of hydrogen-bond acceptors (Lipinski definition) is 4. The Kier molecular flexibility index (Phi) is 4.35. The molecule has 0 saturated heterocycles. The number of aromatic nitrogens is 2. The van der Waals surface area contributed by atoms with E-state index in [0.29, 0.717) is 5.82 Å². The van der Waals surface area contributed by atoms with E-state index in [1.54, 1.807) is 20.8 Å². The molecule has 1 amide bonds. The van der Waals surface area contributed by atoms with Crippen LogP contribution < -0.4 is 5.32 Å². The van der Waals surface area contributed by atoms with Gasteiger partial charge in [-0.05, 0) is 32.9 Å². The molecule has 22 heavy (non-hydrogen) atoms. The number of carbonyl (C=O) groups is 2. The number of benzene rings is 1. The number of alkyl carbamates (subject to hydrolysis) is 1. The van der Waals surface area contributed by atoms with Gasteiger partial charge in [-0.2, -0.15) is 0 Å². The molecule has 3 N–H and O–H groups in total. The van der Waals surface area contributed by atoms with Crippen molar-refractivity contribution in [2.45, 2.75) is 38.8 Å². The predicted octanol–water partition coefficient (Wildman–Crippen LogP) is 2.08. The number of imidazole rings is 1. The summed E-state index contributed by atoms with van der Waals surface area (Å²) in [6, 6.07) is 6.27. The van der Waals surface area contributed by atoms with Crippen LogP contribution in [0.5, 0.6) is 0 Å². The zero-order chi connectivity index (χ0) is 16.3. The zero-order valence-corrected chi connectivity index (χ0v) is 12.7. The summed E-state index contributed by atoms with van der Waals surface area (Å²) in [5.41, 5.74) is 0.879.